The van der Waals surface area contributed by atoms with Gasteiger partial charge in [-0.25, -0.2) is 0 Å². The molecule has 0 aliphatic rings. The summed E-state index contributed by atoms with van der Waals surface area (Å²) < 4.78 is 5.12. The third-order valence-electron chi connectivity index (χ3n) is 3.36. The maximum atomic E-state index is 11.8. The van der Waals surface area contributed by atoms with Crippen LogP contribution in [0.2, 0.25) is 5.02 Å². The summed E-state index contributed by atoms with van der Waals surface area (Å²) in [7, 11) is 1.59. The molecule has 0 saturated carbocycles. The van der Waals surface area contributed by atoms with Crippen molar-refractivity contribution in [3.8, 4) is 5.75 Å². The van der Waals surface area contributed by atoms with E-state index in [1.165, 1.54) is 4.88 Å². The summed E-state index contributed by atoms with van der Waals surface area (Å²) in [5.74, 6) is 0.777. The van der Waals surface area contributed by atoms with Crippen LogP contribution in [0.4, 0.5) is 0 Å². The number of halogens is 1. The Bertz CT molecular complexity index is 599. The number of methoxy groups -OCH3 is 1. The molecule has 0 radical (unpaired) electrons. The van der Waals surface area contributed by atoms with Gasteiger partial charge in [0.15, 0.2) is 0 Å². The minimum absolute atomic E-state index is 0.108. The highest BCUT2D eigenvalue weighted by molar-refractivity contribution is 7.09. The van der Waals surface area contributed by atoms with Gasteiger partial charge in [-0.2, -0.15) is 0 Å². The third-order valence-corrected chi connectivity index (χ3v) is 4.59. The molecule has 2 aromatic rings. The Hall–Kier alpha value is -1.52. The first-order valence-electron chi connectivity index (χ1n) is 7.30. The molecule has 0 spiro atoms. The zero-order chi connectivity index (χ0) is 15.8. The fourth-order valence-electron chi connectivity index (χ4n) is 2.18. The van der Waals surface area contributed by atoms with Crippen molar-refractivity contribution in [2.45, 2.75) is 25.7 Å². The third kappa shape index (κ3) is 5.35. The molecule has 5 heteroatoms. The molecule has 3 nitrogen and oxygen atoms in total. The molecule has 118 valence electrons. The van der Waals surface area contributed by atoms with E-state index < -0.39 is 0 Å². The van der Waals surface area contributed by atoms with Gasteiger partial charge in [-0.1, -0.05) is 23.7 Å². The van der Waals surface area contributed by atoms with E-state index in [-0.39, 0.29) is 5.91 Å². The highest BCUT2D eigenvalue weighted by Crippen LogP contribution is 2.24. The summed E-state index contributed by atoms with van der Waals surface area (Å²) >= 11 is 7.82. The fraction of sp³-hybridized carbons (Fsp3) is 0.353. The predicted molar refractivity (Wildman–Crippen MR) is 92.0 cm³/mol. The number of aryl methyl sites for hydroxylation is 1. The number of thiophene rings is 1. The van der Waals surface area contributed by atoms with E-state index in [9.17, 15) is 4.79 Å². The fourth-order valence-corrected chi connectivity index (χ4v) is 3.21. The van der Waals surface area contributed by atoms with Gasteiger partial charge in [0.1, 0.15) is 5.75 Å². The van der Waals surface area contributed by atoms with Gasteiger partial charge in [0.25, 0.3) is 0 Å². The number of hydrogen-bond acceptors (Lipinski definition) is 3. The van der Waals surface area contributed by atoms with E-state index in [0.717, 1.165) is 24.8 Å². The van der Waals surface area contributed by atoms with Crippen LogP contribution >= 0.6 is 22.9 Å². The van der Waals surface area contributed by atoms with Gasteiger partial charge in [0.05, 0.1) is 12.1 Å². The lowest BCUT2D eigenvalue weighted by Gasteiger charge is -2.07. The van der Waals surface area contributed by atoms with Crippen LogP contribution in [0.1, 0.15) is 23.3 Å². The largest absolute Gasteiger partial charge is 0.495 e. The molecule has 2 rings (SSSR count). The molecule has 0 atom stereocenters. The normalized spacial score (nSPS) is 10.5. The van der Waals surface area contributed by atoms with Gasteiger partial charge in [0, 0.05) is 17.8 Å². The van der Waals surface area contributed by atoms with Crippen molar-refractivity contribution in [3.05, 3.63) is 51.2 Å². The SMILES string of the molecule is COc1ccc(CCNC(=O)CCCc2cccs2)cc1Cl. The Morgan fingerprint density at radius 3 is 2.86 bits per heavy atom. The summed E-state index contributed by atoms with van der Waals surface area (Å²) in [6, 6.07) is 9.84. The van der Waals surface area contributed by atoms with Gasteiger partial charge in [-0.15, -0.1) is 11.3 Å². The molecule has 0 unspecified atom stereocenters. The van der Waals surface area contributed by atoms with Crippen molar-refractivity contribution in [2.24, 2.45) is 0 Å². The lowest BCUT2D eigenvalue weighted by molar-refractivity contribution is -0.121. The second-order valence-electron chi connectivity index (χ2n) is 5.00. The number of carbonyl (C=O) groups is 1. The Morgan fingerprint density at radius 2 is 2.18 bits per heavy atom. The second kappa shape index (κ2) is 8.81. The lowest BCUT2D eigenvalue weighted by Crippen LogP contribution is -2.25. The molecule has 22 heavy (non-hydrogen) atoms. The number of rotatable bonds is 8. The molecule has 0 bridgehead atoms. The zero-order valence-corrected chi connectivity index (χ0v) is 14.2. The highest BCUT2D eigenvalue weighted by atomic mass is 35.5. The first kappa shape index (κ1) is 16.8. The van der Waals surface area contributed by atoms with E-state index in [1.807, 2.05) is 24.3 Å². The maximum Gasteiger partial charge on any atom is 0.220 e. The van der Waals surface area contributed by atoms with Crippen LogP contribution in [-0.4, -0.2) is 19.6 Å². The Balaban J connectivity index is 1.65. The first-order valence-corrected chi connectivity index (χ1v) is 8.56. The number of benzene rings is 1. The van der Waals surface area contributed by atoms with Gasteiger partial charge in [0.2, 0.25) is 5.91 Å². The maximum absolute atomic E-state index is 11.8. The van der Waals surface area contributed by atoms with E-state index >= 15 is 0 Å². The molecular formula is C17H20ClNO2S. The average molecular weight is 338 g/mol. The Kier molecular flexibility index (Phi) is 6.74. The quantitative estimate of drug-likeness (QED) is 0.787. The van der Waals surface area contributed by atoms with Gasteiger partial charge >= 0.3 is 0 Å². The van der Waals surface area contributed by atoms with Crippen molar-refractivity contribution < 1.29 is 9.53 Å². The molecule has 0 aliphatic carbocycles. The number of carbonyl (C=O) groups excluding carboxylic acids is 1. The van der Waals surface area contributed by atoms with Crippen molar-refractivity contribution in [3.63, 3.8) is 0 Å². The van der Waals surface area contributed by atoms with Crippen LogP contribution in [0.3, 0.4) is 0 Å². The highest BCUT2D eigenvalue weighted by Gasteiger charge is 2.04. The molecule has 0 fully saturated rings. The minimum atomic E-state index is 0.108. The molecule has 1 aromatic carbocycles. The molecule has 1 heterocycles. The van der Waals surface area contributed by atoms with E-state index in [4.69, 9.17) is 16.3 Å². The smallest absolute Gasteiger partial charge is 0.220 e. The van der Waals surface area contributed by atoms with E-state index in [1.54, 1.807) is 18.4 Å². The molecule has 1 aromatic heterocycles. The van der Waals surface area contributed by atoms with Crippen LogP contribution in [0.15, 0.2) is 35.7 Å². The van der Waals surface area contributed by atoms with Crippen LogP contribution < -0.4 is 10.1 Å². The van der Waals surface area contributed by atoms with E-state index in [2.05, 4.69) is 16.8 Å². The van der Waals surface area contributed by atoms with E-state index in [0.29, 0.717) is 23.7 Å². The van der Waals surface area contributed by atoms with Crippen LogP contribution in [0, 0.1) is 0 Å². The first-order chi connectivity index (χ1) is 10.7. The standard InChI is InChI=1S/C17H20ClNO2S/c1-21-16-8-7-13(12-15(16)18)9-10-19-17(20)6-2-4-14-5-3-11-22-14/h3,5,7-8,11-12H,2,4,6,9-10H2,1H3,(H,19,20). The molecular weight excluding hydrogens is 318 g/mol. The Morgan fingerprint density at radius 1 is 1.32 bits per heavy atom. The number of hydrogen-bond donors (Lipinski definition) is 1. The zero-order valence-electron chi connectivity index (χ0n) is 12.6. The minimum Gasteiger partial charge on any atom is -0.495 e. The summed E-state index contributed by atoms with van der Waals surface area (Å²) in [4.78, 5) is 13.1. The predicted octanol–water partition coefficient (Wildman–Crippen LogP) is 4.09. The molecule has 1 N–H and O–H groups in total. The number of amides is 1. The second-order valence-corrected chi connectivity index (χ2v) is 6.44. The summed E-state index contributed by atoms with van der Waals surface area (Å²) in [5, 5.41) is 5.61. The number of nitrogens with one attached hydrogen (secondary N) is 1. The average Bonchev–Trinajstić information content (AvgIpc) is 3.01. The number of ether oxygens (including phenoxy) is 1. The summed E-state index contributed by atoms with van der Waals surface area (Å²) in [6.45, 7) is 0.625. The molecule has 0 saturated heterocycles. The summed E-state index contributed by atoms with van der Waals surface area (Å²) in [6.07, 6.45) is 3.20. The van der Waals surface area contributed by atoms with Crippen LogP contribution in [0.5, 0.6) is 5.75 Å². The van der Waals surface area contributed by atoms with Crippen molar-refractivity contribution in [1.29, 1.82) is 0 Å². The van der Waals surface area contributed by atoms with Crippen molar-refractivity contribution >= 4 is 28.8 Å². The molecule has 1 amide bonds. The van der Waals surface area contributed by atoms with Gasteiger partial charge in [-0.05, 0) is 48.4 Å². The monoisotopic (exact) mass is 337 g/mol. The summed E-state index contributed by atoms with van der Waals surface area (Å²) in [5.41, 5.74) is 1.09. The topological polar surface area (TPSA) is 38.3 Å². The van der Waals surface area contributed by atoms with Gasteiger partial charge in [-0.3, -0.25) is 4.79 Å². The van der Waals surface area contributed by atoms with Gasteiger partial charge < -0.3 is 10.1 Å². The Labute approximate surface area is 140 Å². The lowest BCUT2D eigenvalue weighted by atomic mass is 10.1. The van der Waals surface area contributed by atoms with Crippen LogP contribution in [-0.2, 0) is 17.6 Å². The van der Waals surface area contributed by atoms with Crippen LogP contribution in [0.25, 0.3) is 0 Å². The van der Waals surface area contributed by atoms with Crippen molar-refractivity contribution in [2.75, 3.05) is 13.7 Å². The van der Waals surface area contributed by atoms with Crippen molar-refractivity contribution in [1.82, 2.24) is 5.32 Å². The molecule has 0 aliphatic heterocycles.